The third-order valence-corrected chi connectivity index (χ3v) is 5.55. The van der Waals surface area contributed by atoms with E-state index >= 15 is 0 Å². The molecule has 0 aliphatic heterocycles. The summed E-state index contributed by atoms with van der Waals surface area (Å²) in [5.41, 5.74) is 5.63. The molecule has 0 amide bonds. The van der Waals surface area contributed by atoms with E-state index in [2.05, 4.69) is 62.6 Å². The van der Waals surface area contributed by atoms with Crippen molar-refractivity contribution in [2.45, 2.75) is 46.8 Å². The van der Waals surface area contributed by atoms with Crippen LogP contribution in [0.3, 0.4) is 0 Å². The van der Waals surface area contributed by atoms with Crippen LogP contribution in [0.25, 0.3) is 11.0 Å². The summed E-state index contributed by atoms with van der Waals surface area (Å²) >= 11 is 0. The lowest BCUT2D eigenvalue weighted by molar-refractivity contribution is 0.269. The molecular formula is C27H30N2O2. The predicted molar refractivity (Wildman–Crippen MR) is 126 cm³/mol. The molecule has 4 heteroatoms. The number of para-hydroxylation sites is 3. The molecule has 0 saturated heterocycles. The standard InChI is InChI=1S/C27H30N2O2/c1-19(2)22-14-13-20(3)17-26(22)31-18-27-28-23-10-6-7-11-24(23)29(27)15-16-30-25-12-8-5-9-21(25)4/h5-14,17,19H,15-16,18H2,1-4H3. The van der Waals surface area contributed by atoms with Crippen LogP contribution < -0.4 is 9.47 Å². The van der Waals surface area contributed by atoms with E-state index in [9.17, 15) is 0 Å². The minimum Gasteiger partial charge on any atom is -0.491 e. The van der Waals surface area contributed by atoms with Crippen molar-refractivity contribution in [2.24, 2.45) is 0 Å². The van der Waals surface area contributed by atoms with Gasteiger partial charge in [0, 0.05) is 0 Å². The van der Waals surface area contributed by atoms with E-state index in [1.807, 2.05) is 36.4 Å². The van der Waals surface area contributed by atoms with Gasteiger partial charge in [0.05, 0.1) is 17.6 Å². The molecule has 31 heavy (non-hydrogen) atoms. The molecule has 1 heterocycles. The largest absolute Gasteiger partial charge is 0.491 e. The highest BCUT2D eigenvalue weighted by molar-refractivity contribution is 5.75. The van der Waals surface area contributed by atoms with Crippen LogP contribution >= 0.6 is 0 Å². The zero-order chi connectivity index (χ0) is 21.8. The topological polar surface area (TPSA) is 36.3 Å². The number of benzene rings is 3. The molecule has 4 rings (SSSR count). The van der Waals surface area contributed by atoms with Crippen molar-refractivity contribution in [1.82, 2.24) is 9.55 Å². The fourth-order valence-corrected chi connectivity index (χ4v) is 3.84. The molecule has 4 aromatic rings. The number of ether oxygens (including phenoxy) is 2. The van der Waals surface area contributed by atoms with Gasteiger partial charge in [0.15, 0.2) is 0 Å². The molecule has 0 unspecified atom stereocenters. The molecule has 0 N–H and O–H groups in total. The summed E-state index contributed by atoms with van der Waals surface area (Å²) in [5, 5.41) is 0. The summed E-state index contributed by atoms with van der Waals surface area (Å²) in [4.78, 5) is 4.85. The van der Waals surface area contributed by atoms with E-state index in [1.165, 1.54) is 11.1 Å². The third-order valence-electron chi connectivity index (χ3n) is 5.55. The molecule has 0 radical (unpaired) electrons. The van der Waals surface area contributed by atoms with Gasteiger partial charge in [-0.25, -0.2) is 4.98 Å². The van der Waals surface area contributed by atoms with Crippen LogP contribution in [0.15, 0.2) is 66.7 Å². The summed E-state index contributed by atoms with van der Waals surface area (Å²) in [6.07, 6.45) is 0. The van der Waals surface area contributed by atoms with E-state index in [0.29, 0.717) is 25.7 Å². The maximum absolute atomic E-state index is 6.30. The number of fused-ring (bicyclic) bond motifs is 1. The minimum absolute atomic E-state index is 0.400. The van der Waals surface area contributed by atoms with E-state index in [1.54, 1.807) is 0 Å². The molecule has 0 aliphatic carbocycles. The first-order chi connectivity index (χ1) is 15.0. The Labute approximate surface area is 184 Å². The average Bonchev–Trinajstić information content (AvgIpc) is 3.11. The number of aryl methyl sites for hydroxylation is 2. The molecule has 4 nitrogen and oxygen atoms in total. The van der Waals surface area contributed by atoms with Gasteiger partial charge in [0.25, 0.3) is 0 Å². The van der Waals surface area contributed by atoms with Crippen molar-refractivity contribution in [3.05, 3.63) is 89.2 Å². The summed E-state index contributed by atoms with van der Waals surface area (Å²) in [6, 6.07) is 22.7. The Bertz CT molecular complexity index is 1180. The Hall–Kier alpha value is -3.27. The van der Waals surface area contributed by atoms with Gasteiger partial charge in [-0.1, -0.05) is 56.3 Å². The van der Waals surface area contributed by atoms with Crippen LogP contribution in [-0.2, 0) is 13.2 Å². The Morgan fingerprint density at radius 1 is 0.871 bits per heavy atom. The molecular weight excluding hydrogens is 384 g/mol. The van der Waals surface area contributed by atoms with E-state index in [0.717, 1.165) is 33.9 Å². The van der Waals surface area contributed by atoms with Gasteiger partial charge in [-0.15, -0.1) is 0 Å². The second-order valence-electron chi connectivity index (χ2n) is 8.27. The quantitative estimate of drug-likeness (QED) is 0.333. The van der Waals surface area contributed by atoms with Crippen molar-refractivity contribution in [3.63, 3.8) is 0 Å². The summed E-state index contributed by atoms with van der Waals surface area (Å²) < 4.78 is 14.6. The van der Waals surface area contributed by atoms with Crippen LogP contribution in [0.4, 0.5) is 0 Å². The lowest BCUT2D eigenvalue weighted by Gasteiger charge is -2.16. The SMILES string of the molecule is Cc1ccc(C(C)C)c(OCc2nc3ccccc3n2CCOc2ccccc2C)c1. The predicted octanol–water partition coefficient (Wildman–Crippen LogP) is 6.43. The van der Waals surface area contributed by atoms with Crippen molar-refractivity contribution < 1.29 is 9.47 Å². The van der Waals surface area contributed by atoms with Gasteiger partial charge in [-0.05, 0) is 60.7 Å². The zero-order valence-corrected chi connectivity index (χ0v) is 18.8. The fraction of sp³-hybridized carbons (Fsp3) is 0.296. The maximum atomic E-state index is 6.30. The van der Waals surface area contributed by atoms with Crippen molar-refractivity contribution in [2.75, 3.05) is 6.61 Å². The van der Waals surface area contributed by atoms with Gasteiger partial charge in [0.2, 0.25) is 0 Å². The van der Waals surface area contributed by atoms with Crippen molar-refractivity contribution >= 4 is 11.0 Å². The molecule has 1 aromatic heterocycles. The lowest BCUT2D eigenvalue weighted by atomic mass is 10.0. The van der Waals surface area contributed by atoms with Gasteiger partial charge in [-0.2, -0.15) is 0 Å². The highest BCUT2D eigenvalue weighted by atomic mass is 16.5. The molecule has 0 bridgehead atoms. The van der Waals surface area contributed by atoms with Crippen LogP contribution in [-0.4, -0.2) is 16.2 Å². The van der Waals surface area contributed by atoms with Crippen LogP contribution in [0, 0.1) is 13.8 Å². The van der Waals surface area contributed by atoms with E-state index in [4.69, 9.17) is 14.5 Å². The highest BCUT2D eigenvalue weighted by Gasteiger charge is 2.14. The monoisotopic (exact) mass is 414 g/mol. The first kappa shape index (κ1) is 21.0. The second-order valence-corrected chi connectivity index (χ2v) is 8.27. The Kier molecular flexibility index (Phi) is 6.26. The Balaban J connectivity index is 1.56. The highest BCUT2D eigenvalue weighted by Crippen LogP contribution is 2.28. The third kappa shape index (κ3) is 4.74. The van der Waals surface area contributed by atoms with Crippen LogP contribution in [0.5, 0.6) is 11.5 Å². The number of hydrogen-bond donors (Lipinski definition) is 0. The number of aromatic nitrogens is 2. The lowest BCUT2D eigenvalue weighted by Crippen LogP contribution is -2.13. The number of imidazole rings is 1. The first-order valence-corrected chi connectivity index (χ1v) is 10.9. The minimum atomic E-state index is 0.400. The molecule has 0 fully saturated rings. The van der Waals surface area contributed by atoms with Crippen molar-refractivity contribution in [3.8, 4) is 11.5 Å². The summed E-state index contributed by atoms with van der Waals surface area (Å²) in [6.45, 7) is 10.2. The van der Waals surface area contributed by atoms with E-state index in [-0.39, 0.29) is 0 Å². The maximum Gasteiger partial charge on any atom is 0.148 e. The average molecular weight is 415 g/mol. The van der Waals surface area contributed by atoms with Gasteiger partial charge in [-0.3, -0.25) is 0 Å². The molecule has 0 spiro atoms. The van der Waals surface area contributed by atoms with Gasteiger partial charge < -0.3 is 14.0 Å². The van der Waals surface area contributed by atoms with Crippen molar-refractivity contribution in [1.29, 1.82) is 0 Å². The Morgan fingerprint density at radius 2 is 1.65 bits per heavy atom. The number of nitrogens with zero attached hydrogens (tertiary/aromatic N) is 2. The first-order valence-electron chi connectivity index (χ1n) is 10.9. The zero-order valence-electron chi connectivity index (χ0n) is 18.8. The molecule has 160 valence electrons. The number of rotatable bonds is 8. The second kappa shape index (κ2) is 9.25. The van der Waals surface area contributed by atoms with Gasteiger partial charge in [0.1, 0.15) is 30.5 Å². The molecule has 0 aliphatic rings. The molecule has 0 atom stereocenters. The fourth-order valence-electron chi connectivity index (χ4n) is 3.84. The Morgan fingerprint density at radius 3 is 2.45 bits per heavy atom. The van der Waals surface area contributed by atoms with Crippen LogP contribution in [0.2, 0.25) is 0 Å². The van der Waals surface area contributed by atoms with Crippen LogP contribution in [0.1, 0.15) is 42.3 Å². The van der Waals surface area contributed by atoms with E-state index < -0.39 is 0 Å². The smallest absolute Gasteiger partial charge is 0.148 e. The van der Waals surface area contributed by atoms with Gasteiger partial charge >= 0.3 is 0 Å². The summed E-state index contributed by atoms with van der Waals surface area (Å²) in [5.74, 6) is 3.17. The number of hydrogen-bond acceptors (Lipinski definition) is 3. The normalized spacial score (nSPS) is 11.3. The molecule has 3 aromatic carbocycles. The summed E-state index contributed by atoms with van der Waals surface area (Å²) in [7, 11) is 0. The molecule has 0 saturated carbocycles.